The minimum Gasteiger partial charge on any atom is -0.363 e. The van der Waals surface area contributed by atoms with Crippen LogP contribution in [0.4, 0.5) is 5.69 Å². The largest absolute Gasteiger partial charge is 0.363 e. The van der Waals surface area contributed by atoms with Gasteiger partial charge in [0.05, 0.1) is 11.9 Å². The van der Waals surface area contributed by atoms with Crippen molar-refractivity contribution in [3.63, 3.8) is 0 Å². The first-order valence-corrected chi connectivity index (χ1v) is 5.70. The quantitative estimate of drug-likeness (QED) is 0.758. The highest BCUT2D eigenvalue weighted by Crippen LogP contribution is 2.24. The van der Waals surface area contributed by atoms with Gasteiger partial charge in [0.25, 0.3) is 5.56 Å². The van der Waals surface area contributed by atoms with Gasteiger partial charge in [-0.2, -0.15) is 5.10 Å². The lowest BCUT2D eigenvalue weighted by Crippen LogP contribution is -2.54. The molecule has 1 aromatic heterocycles. The molecule has 0 saturated carbocycles. The molecule has 2 unspecified atom stereocenters. The SMILES string of the molecule is CC1CN(c2cn[nH]c(=O)c2Cl)C(C)CN1. The van der Waals surface area contributed by atoms with Crippen molar-refractivity contribution in [1.29, 1.82) is 0 Å². The van der Waals surface area contributed by atoms with Crippen molar-refractivity contribution >= 4 is 17.3 Å². The van der Waals surface area contributed by atoms with E-state index in [4.69, 9.17) is 11.6 Å². The Hall–Kier alpha value is -1.07. The molecular weight excluding hydrogens is 228 g/mol. The van der Waals surface area contributed by atoms with E-state index in [0.29, 0.717) is 17.8 Å². The molecule has 1 aliphatic heterocycles. The van der Waals surface area contributed by atoms with E-state index in [9.17, 15) is 4.79 Å². The fourth-order valence-electron chi connectivity index (χ4n) is 1.93. The van der Waals surface area contributed by atoms with Crippen LogP contribution in [0.15, 0.2) is 11.0 Å². The highest BCUT2D eigenvalue weighted by molar-refractivity contribution is 6.33. The van der Waals surface area contributed by atoms with Crippen LogP contribution in [0, 0.1) is 0 Å². The van der Waals surface area contributed by atoms with Crippen molar-refractivity contribution in [3.05, 3.63) is 21.6 Å². The highest BCUT2D eigenvalue weighted by atomic mass is 35.5. The first-order chi connectivity index (χ1) is 7.59. The second kappa shape index (κ2) is 4.43. The molecule has 6 heteroatoms. The number of nitrogens with one attached hydrogen (secondary N) is 2. The number of aromatic nitrogens is 2. The van der Waals surface area contributed by atoms with Crippen LogP contribution in [0.5, 0.6) is 0 Å². The smallest absolute Gasteiger partial charge is 0.285 e. The van der Waals surface area contributed by atoms with E-state index in [2.05, 4.69) is 34.3 Å². The number of H-pyrrole nitrogens is 1. The number of nitrogens with zero attached hydrogens (tertiary/aromatic N) is 2. The van der Waals surface area contributed by atoms with Crippen molar-refractivity contribution < 1.29 is 0 Å². The van der Waals surface area contributed by atoms with Gasteiger partial charge in [0.2, 0.25) is 0 Å². The summed E-state index contributed by atoms with van der Waals surface area (Å²) in [5.41, 5.74) is 0.379. The molecule has 1 fully saturated rings. The van der Waals surface area contributed by atoms with Crippen LogP contribution in [0.2, 0.25) is 5.02 Å². The molecule has 2 rings (SSSR count). The summed E-state index contributed by atoms with van der Waals surface area (Å²) in [5, 5.41) is 9.71. The van der Waals surface area contributed by atoms with E-state index in [0.717, 1.165) is 13.1 Å². The van der Waals surface area contributed by atoms with Crippen molar-refractivity contribution in [3.8, 4) is 0 Å². The lowest BCUT2D eigenvalue weighted by Gasteiger charge is -2.39. The average molecular weight is 243 g/mol. The number of aromatic amines is 1. The number of anilines is 1. The molecule has 2 heterocycles. The van der Waals surface area contributed by atoms with Gasteiger partial charge in [-0.3, -0.25) is 4.79 Å². The Balaban J connectivity index is 2.35. The maximum atomic E-state index is 11.4. The van der Waals surface area contributed by atoms with Crippen molar-refractivity contribution in [2.75, 3.05) is 18.0 Å². The number of rotatable bonds is 1. The first-order valence-electron chi connectivity index (χ1n) is 5.33. The zero-order chi connectivity index (χ0) is 11.7. The lowest BCUT2D eigenvalue weighted by atomic mass is 10.1. The van der Waals surface area contributed by atoms with E-state index in [1.165, 1.54) is 0 Å². The molecular formula is C10H15ClN4O. The maximum Gasteiger partial charge on any atom is 0.285 e. The van der Waals surface area contributed by atoms with Gasteiger partial charge in [-0.05, 0) is 13.8 Å². The third-order valence-electron chi connectivity index (χ3n) is 2.85. The van der Waals surface area contributed by atoms with Gasteiger partial charge in [0, 0.05) is 25.2 Å². The van der Waals surface area contributed by atoms with Crippen LogP contribution < -0.4 is 15.8 Å². The Kier molecular flexibility index (Phi) is 3.16. The second-order valence-electron chi connectivity index (χ2n) is 4.21. The summed E-state index contributed by atoms with van der Waals surface area (Å²) >= 11 is 5.99. The van der Waals surface area contributed by atoms with Gasteiger partial charge in [0.15, 0.2) is 0 Å². The van der Waals surface area contributed by atoms with E-state index >= 15 is 0 Å². The minimum absolute atomic E-state index is 0.218. The topological polar surface area (TPSA) is 61.0 Å². The summed E-state index contributed by atoms with van der Waals surface area (Å²) in [6.45, 7) is 5.90. The van der Waals surface area contributed by atoms with Crippen LogP contribution in [0.1, 0.15) is 13.8 Å². The molecule has 0 spiro atoms. The Bertz CT molecular complexity index is 433. The fourth-order valence-corrected chi connectivity index (χ4v) is 2.13. The van der Waals surface area contributed by atoms with Gasteiger partial charge in [0.1, 0.15) is 5.02 Å². The Morgan fingerprint density at radius 3 is 3.06 bits per heavy atom. The van der Waals surface area contributed by atoms with Gasteiger partial charge >= 0.3 is 0 Å². The molecule has 0 amide bonds. The molecule has 1 saturated heterocycles. The molecule has 0 bridgehead atoms. The first kappa shape index (κ1) is 11.4. The zero-order valence-electron chi connectivity index (χ0n) is 9.33. The average Bonchev–Trinajstić information content (AvgIpc) is 2.26. The van der Waals surface area contributed by atoms with Crippen molar-refractivity contribution in [2.45, 2.75) is 25.9 Å². The normalized spacial score (nSPS) is 25.8. The summed E-state index contributed by atoms with van der Waals surface area (Å²) < 4.78 is 0. The van der Waals surface area contributed by atoms with Crippen LogP contribution in [-0.2, 0) is 0 Å². The second-order valence-corrected chi connectivity index (χ2v) is 4.59. The van der Waals surface area contributed by atoms with Crippen LogP contribution in [0.25, 0.3) is 0 Å². The predicted molar refractivity (Wildman–Crippen MR) is 64.1 cm³/mol. The highest BCUT2D eigenvalue weighted by Gasteiger charge is 2.25. The molecule has 2 N–H and O–H groups in total. The van der Waals surface area contributed by atoms with Crippen molar-refractivity contribution in [1.82, 2.24) is 15.5 Å². The maximum absolute atomic E-state index is 11.4. The molecule has 2 atom stereocenters. The molecule has 0 aliphatic carbocycles. The van der Waals surface area contributed by atoms with Gasteiger partial charge in [-0.1, -0.05) is 11.6 Å². The summed E-state index contributed by atoms with van der Waals surface area (Å²) in [5.74, 6) is 0. The third kappa shape index (κ3) is 2.05. The summed E-state index contributed by atoms with van der Waals surface area (Å²) in [7, 11) is 0. The molecule has 0 aromatic carbocycles. The van der Waals surface area contributed by atoms with Gasteiger partial charge < -0.3 is 10.2 Å². The monoisotopic (exact) mass is 242 g/mol. The molecule has 88 valence electrons. The molecule has 1 aliphatic rings. The van der Waals surface area contributed by atoms with E-state index < -0.39 is 0 Å². The Morgan fingerprint density at radius 1 is 1.56 bits per heavy atom. The standard InChI is InChI=1S/C10H15ClN4O/c1-6-5-15(7(2)3-12-6)8-4-13-14-10(16)9(8)11/h4,6-7,12H,3,5H2,1-2H3,(H,14,16). The van der Waals surface area contributed by atoms with E-state index in [1.54, 1.807) is 6.20 Å². The van der Waals surface area contributed by atoms with Crippen LogP contribution in [0.3, 0.4) is 0 Å². The van der Waals surface area contributed by atoms with Gasteiger partial charge in [-0.15, -0.1) is 0 Å². The number of hydrogen-bond donors (Lipinski definition) is 2. The predicted octanol–water partition coefficient (Wildman–Crippen LogP) is 0.610. The van der Waals surface area contributed by atoms with Gasteiger partial charge in [-0.25, -0.2) is 5.10 Å². The lowest BCUT2D eigenvalue weighted by molar-refractivity contribution is 0.424. The van der Waals surface area contributed by atoms with Crippen LogP contribution >= 0.6 is 11.6 Å². The third-order valence-corrected chi connectivity index (χ3v) is 3.22. The van der Waals surface area contributed by atoms with E-state index in [1.807, 2.05) is 0 Å². The van der Waals surface area contributed by atoms with Crippen LogP contribution in [-0.4, -0.2) is 35.4 Å². The summed E-state index contributed by atoms with van der Waals surface area (Å²) in [6.07, 6.45) is 1.61. The molecule has 16 heavy (non-hydrogen) atoms. The Labute approximate surface area is 98.8 Å². The number of hydrogen-bond acceptors (Lipinski definition) is 4. The zero-order valence-corrected chi connectivity index (χ0v) is 10.1. The van der Waals surface area contributed by atoms with Crippen molar-refractivity contribution in [2.24, 2.45) is 0 Å². The minimum atomic E-state index is -0.336. The molecule has 5 nitrogen and oxygen atoms in total. The number of halogens is 1. The van der Waals surface area contributed by atoms with E-state index in [-0.39, 0.29) is 10.6 Å². The summed E-state index contributed by atoms with van der Waals surface area (Å²) in [6, 6.07) is 0.684. The molecule has 1 aromatic rings. The number of piperazine rings is 1. The Morgan fingerprint density at radius 2 is 2.31 bits per heavy atom. The fraction of sp³-hybridized carbons (Fsp3) is 0.600. The molecule has 0 radical (unpaired) electrons. The summed E-state index contributed by atoms with van der Waals surface area (Å²) in [4.78, 5) is 13.5.